The van der Waals surface area contributed by atoms with Crippen LogP contribution in [0.2, 0.25) is 0 Å². The first-order chi connectivity index (χ1) is 9.89. The van der Waals surface area contributed by atoms with E-state index in [1.165, 1.54) is 11.1 Å². The molecule has 0 aromatic carbocycles. The van der Waals surface area contributed by atoms with Crippen molar-refractivity contribution in [2.45, 2.75) is 52.6 Å². The van der Waals surface area contributed by atoms with E-state index in [1.54, 1.807) is 0 Å². The van der Waals surface area contributed by atoms with Gasteiger partial charge in [-0.25, -0.2) is 4.98 Å². The normalized spacial score (nSPS) is 19.3. The Morgan fingerprint density at radius 2 is 2.19 bits per heavy atom. The second-order valence-corrected chi connectivity index (χ2v) is 7.20. The van der Waals surface area contributed by atoms with Crippen LogP contribution >= 0.6 is 0 Å². The number of nitrogens with zero attached hydrogens (tertiary/aromatic N) is 2. The number of anilines is 1. The summed E-state index contributed by atoms with van der Waals surface area (Å²) in [4.78, 5) is 7.04. The predicted molar refractivity (Wildman–Crippen MR) is 87.6 cm³/mol. The summed E-state index contributed by atoms with van der Waals surface area (Å²) in [7, 11) is 0. The molecule has 0 amide bonds. The number of rotatable bonds is 5. The van der Waals surface area contributed by atoms with Gasteiger partial charge in [0.15, 0.2) is 0 Å². The minimum atomic E-state index is 0.124. The van der Waals surface area contributed by atoms with Crippen molar-refractivity contribution in [1.29, 1.82) is 0 Å². The molecule has 2 rings (SSSR count). The number of hydrogen-bond donors (Lipinski definition) is 2. The third-order valence-electron chi connectivity index (χ3n) is 4.05. The summed E-state index contributed by atoms with van der Waals surface area (Å²) in [5.74, 6) is 1.72. The van der Waals surface area contributed by atoms with Crippen molar-refractivity contribution in [3.8, 4) is 0 Å². The van der Waals surface area contributed by atoms with Gasteiger partial charge in [0.2, 0.25) is 0 Å². The molecular weight excluding hydrogens is 262 g/mol. The van der Waals surface area contributed by atoms with E-state index in [0.29, 0.717) is 12.5 Å². The summed E-state index contributed by atoms with van der Waals surface area (Å²) in [6.45, 7) is 11.9. The molecular formula is C17H29N3O. The molecule has 0 saturated carbocycles. The lowest BCUT2D eigenvalue weighted by atomic mass is 10.1. The Balaban J connectivity index is 1.99. The third-order valence-corrected chi connectivity index (χ3v) is 4.05. The van der Waals surface area contributed by atoms with Gasteiger partial charge in [-0.05, 0) is 63.6 Å². The molecule has 4 nitrogen and oxygen atoms in total. The minimum Gasteiger partial charge on any atom is -0.396 e. The zero-order valence-electron chi connectivity index (χ0n) is 13.8. The summed E-state index contributed by atoms with van der Waals surface area (Å²) in [5.41, 5.74) is 2.60. The highest BCUT2D eigenvalue weighted by Crippen LogP contribution is 2.26. The predicted octanol–water partition coefficient (Wildman–Crippen LogP) is 2.49. The number of aromatic nitrogens is 1. The van der Waals surface area contributed by atoms with E-state index in [-0.39, 0.29) is 5.54 Å². The van der Waals surface area contributed by atoms with Crippen molar-refractivity contribution < 1.29 is 5.11 Å². The van der Waals surface area contributed by atoms with Crippen molar-refractivity contribution in [3.63, 3.8) is 0 Å². The molecule has 1 aromatic heterocycles. The van der Waals surface area contributed by atoms with Gasteiger partial charge in [0, 0.05) is 38.0 Å². The molecule has 0 radical (unpaired) electrons. The molecule has 4 heteroatoms. The van der Waals surface area contributed by atoms with Crippen LogP contribution < -0.4 is 10.2 Å². The molecule has 1 aliphatic rings. The topological polar surface area (TPSA) is 48.4 Å². The summed E-state index contributed by atoms with van der Waals surface area (Å²) in [6, 6.07) is 2.24. The zero-order valence-corrected chi connectivity index (χ0v) is 13.8. The van der Waals surface area contributed by atoms with Crippen molar-refractivity contribution in [1.82, 2.24) is 10.3 Å². The molecule has 2 N–H and O–H groups in total. The molecule has 1 aromatic rings. The summed E-state index contributed by atoms with van der Waals surface area (Å²) >= 11 is 0. The zero-order chi connectivity index (χ0) is 15.5. The maximum absolute atomic E-state index is 9.06. The first-order valence-electron chi connectivity index (χ1n) is 7.95. The van der Waals surface area contributed by atoms with Crippen LogP contribution in [-0.4, -0.2) is 35.3 Å². The van der Waals surface area contributed by atoms with E-state index in [0.717, 1.165) is 38.3 Å². The van der Waals surface area contributed by atoms with E-state index in [9.17, 15) is 0 Å². The molecule has 0 aliphatic carbocycles. The highest BCUT2D eigenvalue weighted by molar-refractivity contribution is 5.48. The third kappa shape index (κ3) is 4.68. The lowest BCUT2D eigenvalue weighted by Gasteiger charge is -2.22. The summed E-state index contributed by atoms with van der Waals surface area (Å²) in [5, 5.41) is 12.6. The van der Waals surface area contributed by atoms with Gasteiger partial charge in [-0.2, -0.15) is 0 Å². The summed E-state index contributed by atoms with van der Waals surface area (Å²) < 4.78 is 0. The Bertz CT molecular complexity index is 468. The fourth-order valence-electron chi connectivity index (χ4n) is 2.86. The van der Waals surface area contributed by atoms with Crippen LogP contribution in [0.15, 0.2) is 12.3 Å². The monoisotopic (exact) mass is 291 g/mol. The average molecular weight is 291 g/mol. The fourth-order valence-corrected chi connectivity index (χ4v) is 2.86. The molecule has 1 unspecified atom stereocenters. The van der Waals surface area contributed by atoms with E-state index >= 15 is 0 Å². The molecule has 1 fully saturated rings. The van der Waals surface area contributed by atoms with Crippen LogP contribution in [0.25, 0.3) is 0 Å². The molecule has 118 valence electrons. The Hall–Kier alpha value is -1.13. The largest absolute Gasteiger partial charge is 0.396 e. The van der Waals surface area contributed by atoms with Gasteiger partial charge >= 0.3 is 0 Å². The Labute approximate surface area is 128 Å². The lowest BCUT2D eigenvalue weighted by molar-refractivity contribution is 0.263. The highest BCUT2D eigenvalue weighted by atomic mass is 16.3. The number of aliphatic hydroxyl groups is 1. The van der Waals surface area contributed by atoms with E-state index in [2.05, 4.69) is 49.0 Å². The van der Waals surface area contributed by atoms with Crippen LogP contribution in [0.5, 0.6) is 0 Å². The van der Waals surface area contributed by atoms with Crippen molar-refractivity contribution in [2.24, 2.45) is 5.92 Å². The molecule has 1 atom stereocenters. The lowest BCUT2D eigenvalue weighted by Crippen LogP contribution is -2.35. The first kappa shape index (κ1) is 16.2. The smallest absolute Gasteiger partial charge is 0.131 e. The van der Waals surface area contributed by atoms with Crippen LogP contribution in [0.3, 0.4) is 0 Å². The van der Waals surface area contributed by atoms with Crippen LogP contribution in [0.1, 0.15) is 44.7 Å². The van der Waals surface area contributed by atoms with Crippen LogP contribution in [0.4, 0.5) is 5.82 Å². The number of pyridine rings is 1. The van der Waals surface area contributed by atoms with Crippen LogP contribution in [0, 0.1) is 12.8 Å². The van der Waals surface area contributed by atoms with Crippen molar-refractivity contribution in [2.75, 3.05) is 24.6 Å². The van der Waals surface area contributed by atoms with E-state index < -0.39 is 0 Å². The number of hydrogen-bond acceptors (Lipinski definition) is 4. The van der Waals surface area contributed by atoms with Crippen LogP contribution in [-0.2, 0) is 6.54 Å². The number of aliphatic hydroxyl groups excluding tert-OH is 1. The number of nitrogens with one attached hydrogen (secondary N) is 1. The maximum Gasteiger partial charge on any atom is 0.131 e. The quantitative estimate of drug-likeness (QED) is 0.875. The Kier molecular flexibility index (Phi) is 5.22. The Morgan fingerprint density at radius 1 is 1.43 bits per heavy atom. The van der Waals surface area contributed by atoms with Gasteiger partial charge < -0.3 is 15.3 Å². The summed E-state index contributed by atoms with van der Waals surface area (Å²) in [6.07, 6.45) is 4.05. The van der Waals surface area contributed by atoms with Crippen molar-refractivity contribution >= 4 is 5.82 Å². The molecule has 0 spiro atoms. The highest BCUT2D eigenvalue weighted by Gasteiger charge is 2.24. The van der Waals surface area contributed by atoms with E-state index in [4.69, 9.17) is 5.11 Å². The minimum absolute atomic E-state index is 0.124. The van der Waals surface area contributed by atoms with Gasteiger partial charge in [0.05, 0.1) is 0 Å². The molecule has 2 heterocycles. The molecule has 1 aliphatic heterocycles. The molecule has 0 bridgehead atoms. The van der Waals surface area contributed by atoms with Gasteiger partial charge in [0.1, 0.15) is 5.82 Å². The Morgan fingerprint density at radius 3 is 2.81 bits per heavy atom. The standard InChI is InChI=1S/C17H29N3O/c1-13-9-15(11-19-17(2,3)4)10-18-16(13)20-7-5-14(12-20)6-8-21/h9-10,14,19,21H,5-8,11-12H2,1-4H3. The number of aryl methyl sites for hydroxylation is 1. The van der Waals surface area contributed by atoms with Crippen molar-refractivity contribution in [3.05, 3.63) is 23.4 Å². The SMILES string of the molecule is Cc1cc(CNC(C)(C)C)cnc1N1CCC(CCO)C1. The first-order valence-corrected chi connectivity index (χ1v) is 7.95. The van der Waals surface area contributed by atoms with E-state index in [1.807, 2.05) is 6.20 Å². The maximum atomic E-state index is 9.06. The second-order valence-electron chi connectivity index (χ2n) is 7.20. The van der Waals surface area contributed by atoms with Gasteiger partial charge in [0.25, 0.3) is 0 Å². The average Bonchev–Trinajstić information content (AvgIpc) is 2.84. The fraction of sp³-hybridized carbons (Fsp3) is 0.706. The second kappa shape index (κ2) is 6.75. The molecule has 21 heavy (non-hydrogen) atoms. The molecule has 1 saturated heterocycles. The van der Waals surface area contributed by atoms with Gasteiger partial charge in [-0.15, -0.1) is 0 Å². The van der Waals surface area contributed by atoms with Gasteiger partial charge in [-0.1, -0.05) is 0 Å². The van der Waals surface area contributed by atoms with Gasteiger partial charge in [-0.3, -0.25) is 0 Å².